The van der Waals surface area contributed by atoms with Crippen molar-refractivity contribution in [3.8, 4) is 10.6 Å². The first-order valence-corrected chi connectivity index (χ1v) is 9.61. The smallest absolute Gasteiger partial charge is 0.266 e. The Morgan fingerprint density at radius 1 is 1.27 bits per heavy atom. The maximum Gasteiger partial charge on any atom is 0.266 e. The van der Waals surface area contributed by atoms with E-state index in [2.05, 4.69) is 31.3 Å². The topological polar surface area (TPSA) is 76.9 Å². The van der Waals surface area contributed by atoms with Crippen LogP contribution < -0.4 is 10.9 Å². The van der Waals surface area contributed by atoms with E-state index in [4.69, 9.17) is 0 Å². The average molecular weight is 433 g/mol. The standard InChI is InChI=1S/C18H17BrN4O2S/c1-11-17(26-12(2)21-11)15-6-7-16(24)23(22-15)9-8-20-18(25)13-4-3-5-14(19)10-13/h3-7,10H,8-9H2,1-2H3,(H,20,25). The Bertz CT molecular complexity index is 1010. The van der Waals surface area contributed by atoms with Crippen LogP contribution in [-0.4, -0.2) is 27.2 Å². The summed E-state index contributed by atoms with van der Waals surface area (Å²) in [4.78, 5) is 29.6. The van der Waals surface area contributed by atoms with Crippen molar-refractivity contribution in [2.24, 2.45) is 0 Å². The van der Waals surface area contributed by atoms with Gasteiger partial charge in [-0.25, -0.2) is 9.67 Å². The first kappa shape index (κ1) is 18.5. The van der Waals surface area contributed by atoms with Crippen LogP contribution in [0.2, 0.25) is 0 Å². The number of thiazole rings is 1. The molecular weight excluding hydrogens is 416 g/mol. The summed E-state index contributed by atoms with van der Waals surface area (Å²) in [5.41, 5.74) is 1.97. The van der Waals surface area contributed by atoms with E-state index in [0.717, 1.165) is 20.1 Å². The third kappa shape index (κ3) is 4.25. The number of halogens is 1. The summed E-state index contributed by atoms with van der Waals surface area (Å²) in [7, 11) is 0. The van der Waals surface area contributed by atoms with E-state index < -0.39 is 0 Å². The van der Waals surface area contributed by atoms with Crippen molar-refractivity contribution in [3.63, 3.8) is 0 Å². The van der Waals surface area contributed by atoms with Crippen molar-refractivity contribution in [2.75, 3.05) is 6.54 Å². The van der Waals surface area contributed by atoms with Gasteiger partial charge >= 0.3 is 0 Å². The second-order valence-electron chi connectivity index (χ2n) is 5.69. The molecule has 2 heterocycles. The van der Waals surface area contributed by atoms with Gasteiger partial charge in [0.15, 0.2) is 0 Å². The lowest BCUT2D eigenvalue weighted by Crippen LogP contribution is -2.31. The zero-order chi connectivity index (χ0) is 18.7. The van der Waals surface area contributed by atoms with E-state index in [-0.39, 0.29) is 11.5 Å². The number of hydrogen-bond acceptors (Lipinski definition) is 5. The molecule has 0 aliphatic carbocycles. The fourth-order valence-corrected chi connectivity index (χ4v) is 3.79. The van der Waals surface area contributed by atoms with E-state index >= 15 is 0 Å². The highest BCUT2D eigenvalue weighted by atomic mass is 79.9. The van der Waals surface area contributed by atoms with Crippen LogP contribution in [0.5, 0.6) is 0 Å². The molecule has 8 heteroatoms. The minimum absolute atomic E-state index is 0.190. The number of hydrogen-bond donors (Lipinski definition) is 1. The number of carbonyl (C=O) groups is 1. The van der Waals surface area contributed by atoms with Crippen molar-refractivity contribution in [2.45, 2.75) is 20.4 Å². The van der Waals surface area contributed by atoms with Crippen LogP contribution in [0.1, 0.15) is 21.1 Å². The lowest BCUT2D eigenvalue weighted by Gasteiger charge is -2.08. The predicted octanol–water partition coefficient (Wildman–Crippen LogP) is 3.18. The van der Waals surface area contributed by atoms with Crippen molar-refractivity contribution in [3.05, 3.63) is 67.5 Å². The summed E-state index contributed by atoms with van der Waals surface area (Å²) in [5, 5.41) is 8.18. The highest BCUT2D eigenvalue weighted by molar-refractivity contribution is 9.10. The summed E-state index contributed by atoms with van der Waals surface area (Å²) in [5.74, 6) is -0.190. The van der Waals surface area contributed by atoms with Gasteiger partial charge in [0.1, 0.15) is 5.69 Å². The van der Waals surface area contributed by atoms with Crippen LogP contribution in [0.15, 0.2) is 45.7 Å². The van der Waals surface area contributed by atoms with Gasteiger partial charge in [0.2, 0.25) is 0 Å². The van der Waals surface area contributed by atoms with Gasteiger partial charge in [-0.3, -0.25) is 9.59 Å². The Labute approximate surface area is 163 Å². The van der Waals surface area contributed by atoms with E-state index in [1.165, 1.54) is 10.7 Å². The van der Waals surface area contributed by atoms with E-state index in [9.17, 15) is 9.59 Å². The van der Waals surface area contributed by atoms with E-state index in [1.807, 2.05) is 19.9 Å². The highest BCUT2D eigenvalue weighted by Gasteiger charge is 2.11. The molecule has 1 aromatic carbocycles. The average Bonchev–Trinajstić information content (AvgIpc) is 2.95. The van der Waals surface area contributed by atoms with Gasteiger partial charge in [-0.2, -0.15) is 5.10 Å². The zero-order valence-corrected chi connectivity index (χ0v) is 16.7. The van der Waals surface area contributed by atoms with E-state index in [1.54, 1.807) is 35.6 Å². The molecule has 0 aliphatic rings. The summed E-state index contributed by atoms with van der Waals surface area (Å²) in [6.45, 7) is 4.47. The molecule has 1 amide bonds. The number of amides is 1. The first-order chi connectivity index (χ1) is 12.4. The lowest BCUT2D eigenvalue weighted by molar-refractivity contribution is 0.0951. The maximum atomic E-state index is 12.2. The van der Waals surface area contributed by atoms with Gasteiger partial charge in [-0.05, 0) is 38.1 Å². The van der Waals surface area contributed by atoms with Gasteiger partial charge in [0.05, 0.1) is 22.1 Å². The molecule has 1 N–H and O–H groups in total. The molecule has 0 radical (unpaired) electrons. The Morgan fingerprint density at radius 2 is 2.08 bits per heavy atom. The van der Waals surface area contributed by atoms with Crippen molar-refractivity contribution in [1.82, 2.24) is 20.1 Å². The zero-order valence-electron chi connectivity index (χ0n) is 14.3. The monoisotopic (exact) mass is 432 g/mol. The number of rotatable bonds is 5. The van der Waals surface area contributed by atoms with Crippen molar-refractivity contribution in [1.29, 1.82) is 0 Å². The van der Waals surface area contributed by atoms with Crippen LogP contribution in [-0.2, 0) is 6.54 Å². The molecule has 3 aromatic rings. The van der Waals surface area contributed by atoms with Gasteiger partial charge < -0.3 is 5.32 Å². The predicted molar refractivity (Wildman–Crippen MR) is 106 cm³/mol. The molecule has 0 spiro atoms. The summed E-state index contributed by atoms with van der Waals surface area (Å²) >= 11 is 4.89. The van der Waals surface area contributed by atoms with Gasteiger partial charge in [-0.1, -0.05) is 22.0 Å². The lowest BCUT2D eigenvalue weighted by atomic mass is 10.2. The molecule has 0 saturated carbocycles. The van der Waals surface area contributed by atoms with Gasteiger partial charge in [-0.15, -0.1) is 11.3 Å². The Morgan fingerprint density at radius 3 is 2.77 bits per heavy atom. The fourth-order valence-electron chi connectivity index (χ4n) is 2.51. The molecule has 6 nitrogen and oxygen atoms in total. The largest absolute Gasteiger partial charge is 0.350 e. The van der Waals surface area contributed by atoms with Crippen LogP contribution in [0.25, 0.3) is 10.6 Å². The van der Waals surface area contributed by atoms with Crippen LogP contribution >= 0.6 is 27.3 Å². The third-order valence-corrected chi connectivity index (χ3v) is 5.29. The van der Waals surface area contributed by atoms with Crippen molar-refractivity contribution >= 4 is 33.2 Å². The number of benzene rings is 1. The molecule has 2 aromatic heterocycles. The molecule has 0 saturated heterocycles. The number of nitrogens with one attached hydrogen (secondary N) is 1. The maximum absolute atomic E-state index is 12.2. The molecule has 0 aliphatic heterocycles. The third-order valence-electron chi connectivity index (χ3n) is 3.70. The van der Waals surface area contributed by atoms with Crippen LogP contribution in [0, 0.1) is 13.8 Å². The molecule has 134 valence electrons. The number of aryl methyl sites for hydroxylation is 2. The highest BCUT2D eigenvalue weighted by Crippen LogP contribution is 2.27. The molecule has 26 heavy (non-hydrogen) atoms. The number of aromatic nitrogens is 3. The Hall–Kier alpha value is -2.32. The van der Waals surface area contributed by atoms with E-state index in [0.29, 0.717) is 24.3 Å². The molecule has 0 fully saturated rings. The molecule has 3 rings (SSSR count). The number of carbonyl (C=O) groups excluding carboxylic acids is 1. The Balaban J connectivity index is 1.70. The van der Waals surface area contributed by atoms with Gasteiger partial charge in [0, 0.05) is 22.6 Å². The number of nitrogens with zero attached hydrogens (tertiary/aromatic N) is 3. The normalized spacial score (nSPS) is 10.7. The second-order valence-corrected chi connectivity index (χ2v) is 7.81. The molecule has 0 atom stereocenters. The van der Waals surface area contributed by atoms with Gasteiger partial charge in [0.25, 0.3) is 11.5 Å². The van der Waals surface area contributed by atoms with Crippen molar-refractivity contribution < 1.29 is 4.79 Å². The molecule has 0 bridgehead atoms. The minimum Gasteiger partial charge on any atom is -0.350 e. The summed E-state index contributed by atoms with van der Waals surface area (Å²) in [6, 6.07) is 10.3. The quantitative estimate of drug-likeness (QED) is 0.671. The SMILES string of the molecule is Cc1nc(C)c(-c2ccc(=O)n(CCNC(=O)c3cccc(Br)c3)n2)s1. The fraction of sp³-hybridized carbons (Fsp3) is 0.222. The first-order valence-electron chi connectivity index (χ1n) is 8.00. The van der Waals surface area contributed by atoms with Crippen LogP contribution in [0.4, 0.5) is 0 Å². The summed E-state index contributed by atoms with van der Waals surface area (Å²) < 4.78 is 2.20. The second kappa shape index (κ2) is 7.92. The summed E-state index contributed by atoms with van der Waals surface area (Å²) in [6.07, 6.45) is 0. The minimum atomic E-state index is -0.204. The Kier molecular flexibility index (Phi) is 5.63. The van der Waals surface area contributed by atoms with Crippen LogP contribution in [0.3, 0.4) is 0 Å². The molecule has 0 unspecified atom stereocenters. The molecular formula is C18H17BrN4O2S.